The highest BCUT2D eigenvalue weighted by Gasteiger charge is 2.23. The lowest BCUT2D eigenvalue weighted by atomic mass is 10.2. The third-order valence-corrected chi connectivity index (χ3v) is 5.50. The Balaban J connectivity index is 1.97. The van der Waals surface area contributed by atoms with Crippen molar-refractivity contribution in [2.75, 3.05) is 24.3 Å². The number of aromatic nitrogens is 2. The van der Waals surface area contributed by atoms with Crippen LogP contribution in [0.25, 0.3) is 0 Å². The molecule has 0 aliphatic carbocycles. The second-order valence-corrected chi connectivity index (χ2v) is 7.77. The number of amides is 1. The lowest BCUT2D eigenvalue weighted by molar-refractivity contribution is 0.102. The highest BCUT2D eigenvalue weighted by Crippen LogP contribution is 2.37. The van der Waals surface area contributed by atoms with Gasteiger partial charge in [-0.25, -0.2) is 13.2 Å². The number of carbonyl (C=O) groups excluding carboxylic acids is 1. The number of nitrogens with one attached hydrogen (secondary N) is 4. The fourth-order valence-corrected chi connectivity index (χ4v) is 3.72. The van der Waals surface area contributed by atoms with Crippen LogP contribution in [0.15, 0.2) is 63.1 Å². The normalized spacial score (nSPS) is 10.9. The molecule has 1 heterocycles. The van der Waals surface area contributed by atoms with Crippen LogP contribution in [0.4, 0.5) is 11.4 Å². The first-order valence-electron chi connectivity index (χ1n) is 8.72. The van der Waals surface area contributed by atoms with E-state index in [1.807, 2.05) is 4.98 Å². The van der Waals surface area contributed by atoms with Gasteiger partial charge in [0.25, 0.3) is 21.5 Å². The van der Waals surface area contributed by atoms with Crippen LogP contribution in [-0.2, 0) is 10.0 Å². The molecule has 0 atom stereocenters. The van der Waals surface area contributed by atoms with Crippen LogP contribution in [0.1, 0.15) is 10.4 Å². The van der Waals surface area contributed by atoms with E-state index in [1.54, 1.807) is 30.3 Å². The van der Waals surface area contributed by atoms with Gasteiger partial charge in [0, 0.05) is 23.9 Å². The molecule has 11 nitrogen and oxygen atoms in total. The molecule has 2 aromatic carbocycles. The lowest BCUT2D eigenvalue weighted by Crippen LogP contribution is -2.29. The molecular weight excluding hydrogens is 428 g/mol. The van der Waals surface area contributed by atoms with E-state index in [-0.39, 0.29) is 22.9 Å². The molecule has 0 saturated heterocycles. The Morgan fingerprint density at radius 3 is 2.19 bits per heavy atom. The number of rotatable bonds is 7. The maximum Gasteiger partial charge on any atom is 0.325 e. The number of hydrogen-bond acceptors (Lipinski definition) is 7. The predicted octanol–water partition coefficient (Wildman–Crippen LogP) is 1.13. The van der Waals surface area contributed by atoms with Gasteiger partial charge in [-0.15, -0.1) is 0 Å². The number of aromatic amines is 2. The van der Waals surface area contributed by atoms with Crippen LogP contribution in [0.2, 0.25) is 0 Å². The Morgan fingerprint density at radius 1 is 0.968 bits per heavy atom. The van der Waals surface area contributed by atoms with E-state index in [0.717, 1.165) is 6.20 Å². The molecule has 3 aromatic rings. The monoisotopic (exact) mass is 446 g/mol. The first-order valence-corrected chi connectivity index (χ1v) is 10.2. The topological polar surface area (TPSA) is 159 Å². The highest BCUT2D eigenvalue weighted by atomic mass is 32.2. The third-order valence-electron chi connectivity index (χ3n) is 4.12. The SMILES string of the molecule is COc1cc(NS(=O)(=O)c2c[nH]c(=O)[nH]c2=O)c(OC)cc1NC(=O)c1ccccc1. The summed E-state index contributed by atoms with van der Waals surface area (Å²) in [5, 5.41) is 2.67. The molecule has 1 aromatic heterocycles. The fourth-order valence-electron chi connectivity index (χ4n) is 2.66. The van der Waals surface area contributed by atoms with Gasteiger partial charge in [-0.2, -0.15) is 0 Å². The van der Waals surface area contributed by atoms with E-state index >= 15 is 0 Å². The summed E-state index contributed by atoms with van der Waals surface area (Å²) in [6.45, 7) is 0. The molecule has 0 spiro atoms. The molecule has 0 aliphatic heterocycles. The summed E-state index contributed by atoms with van der Waals surface area (Å²) in [6.07, 6.45) is 0.779. The summed E-state index contributed by atoms with van der Waals surface area (Å²) >= 11 is 0. The fraction of sp³-hybridized carbons (Fsp3) is 0.105. The minimum absolute atomic E-state index is 0.0496. The van der Waals surface area contributed by atoms with Gasteiger partial charge in [0.2, 0.25) is 0 Å². The Morgan fingerprint density at radius 2 is 1.58 bits per heavy atom. The van der Waals surface area contributed by atoms with E-state index in [0.29, 0.717) is 5.56 Å². The number of benzene rings is 2. The van der Waals surface area contributed by atoms with Gasteiger partial charge in [0.15, 0.2) is 4.90 Å². The molecule has 0 bridgehead atoms. The molecule has 12 heteroatoms. The van der Waals surface area contributed by atoms with Crippen LogP contribution >= 0.6 is 0 Å². The largest absolute Gasteiger partial charge is 0.494 e. The van der Waals surface area contributed by atoms with E-state index in [2.05, 4.69) is 15.0 Å². The zero-order chi connectivity index (χ0) is 22.6. The van der Waals surface area contributed by atoms with Crippen LogP contribution in [0.3, 0.4) is 0 Å². The van der Waals surface area contributed by atoms with Gasteiger partial charge in [-0.1, -0.05) is 18.2 Å². The average Bonchev–Trinajstić information content (AvgIpc) is 2.74. The van der Waals surface area contributed by atoms with Crippen molar-refractivity contribution in [2.45, 2.75) is 4.90 Å². The van der Waals surface area contributed by atoms with Crippen molar-refractivity contribution >= 4 is 27.3 Å². The zero-order valence-electron chi connectivity index (χ0n) is 16.4. The van der Waals surface area contributed by atoms with Crippen molar-refractivity contribution < 1.29 is 22.7 Å². The number of hydrogen-bond donors (Lipinski definition) is 4. The minimum Gasteiger partial charge on any atom is -0.494 e. The van der Waals surface area contributed by atoms with Gasteiger partial charge in [-0.3, -0.25) is 19.3 Å². The van der Waals surface area contributed by atoms with Gasteiger partial charge in [0.1, 0.15) is 11.5 Å². The van der Waals surface area contributed by atoms with Gasteiger partial charge in [-0.05, 0) is 12.1 Å². The molecule has 31 heavy (non-hydrogen) atoms. The van der Waals surface area contributed by atoms with E-state index in [4.69, 9.17) is 9.47 Å². The number of sulfonamides is 1. The van der Waals surface area contributed by atoms with Crippen LogP contribution in [-0.4, -0.2) is 38.5 Å². The van der Waals surface area contributed by atoms with Crippen molar-refractivity contribution in [3.05, 3.63) is 75.1 Å². The summed E-state index contributed by atoms with van der Waals surface area (Å²) in [4.78, 5) is 38.7. The molecule has 0 saturated carbocycles. The second-order valence-electron chi connectivity index (χ2n) is 6.11. The number of ether oxygens (including phenoxy) is 2. The summed E-state index contributed by atoms with van der Waals surface area (Å²) in [5.41, 5.74) is -1.35. The molecule has 3 rings (SSSR count). The van der Waals surface area contributed by atoms with Crippen LogP contribution < -0.4 is 30.8 Å². The molecule has 0 fully saturated rings. The smallest absolute Gasteiger partial charge is 0.325 e. The van der Waals surface area contributed by atoms with Crippen molar-refractivity contribution in [1.82, 2.24) is 9.97 Å². The number of methoxy groups -OCH3 is 2. The van der Waals surface area contributed by atoms with E-state index < -0.39 is 32.1 Å². The Kier molecular flexibility index (Phi) is 6.11. The molecular formula is C19H18N4O7S. The molecule has 1 amide bonds. The molecule has 4 N–H and O–H groups in total. The van der Waals surface area contributed by atoms with Crippen molar-refractivity contribution in [3.8, 4) is 11.5 Å². The van der Waals surface area contributed by atoms with Crippen molar-refractivity contribution in [2.24, 2.45) is 0 Å². The van der Waals surface area contributed by atoms with E-state index in [9.17, 15) is 22.8 Å². The second kappa shape index (κ2) is 8.75. The average molecular weight is 446 g/mol. The number of H-pyrrole nitrogens is 2. The van der Waals surface area contributed by atoms with Crippen LogP contribution in [0, 0.1) is 0 Å². The third kappa shape index (κ3) is 4.75. The van der Waals surface area contributed by atoms with Gasteiger partial charge >= 0.3 is 5.69 Å². The zero-order valence-corrected chi connectivity index (χ0v) is 17.2. The van der Waals surface area contributed by atoms with Gasteiger partial charge < -0.3 is 19.8 Å². The summed E-state index contributed by atoms with van der Waals surface area (Å²) < 4.78 is 38.0. The Hall–Kier alpha value is -4.06. The minimum atomic E-state index is -4.38. The van der Waals surface area contributed by atoms with Crippen LogP contribution in [0.5, 0.6) is 11.5 Å². The predicted molar refractivity (Wildman–Crippen MR) is 112 cm³/mol. The molecule has 0 unspecified atom stereocenters. The van der Waals surface area contributed by atoms with Crippen molar-refractivity contribution in [3.63, 3.8) is 0 Å². The number of anilines is 2. The van der Waals surface area contributed by atoms with Gasteiger partial charge in [0.05, 0.1) is 25.6 Å². The number of carbonyl (C=O) groups is 1. The summed E-state index contributed by atoms with van der Waals surface area (Å²) in [7, 11) is -1.75. The molecule has 0 radical (unpaired) electrons. The first-order chi connectivity index (χ1) is 14.7. The standard InChI is InChI=1S/C19H18N4O7S/c1-29-14-9-13(23-31(27,28)16-10-20-19(26)22-18(16)25)15(30-2)8-12(14)21-17(24)11-6-4-3-5-7-11/h3-10,23H,1-2H3,(H,21,24)(H2,20,22,25,26). The molecule has 0 aliphatic rings. The summed E-state index contributed by atoms with van der Waals surface area (Å²) in [6, 6.07) is 11.1. The first kappa shape index (κ1) is 21.6. The Labute approximate surface area is 176 Å². The quantitative estimate of drug-likeness (QED) is 0.423. The summed E-state index contributed by atoms with van der Waals surface area (Å²) in [5.74, 6) is -0.221. The Bertz CT molecular complexity index is 1330. The maximum atomic E-state index is 12.6. The van der Waals surface area contributed by atoms with E-state index in [1.165, 1.54) is 26.4 Å². The maximum absolute atomic E-state index is 12.6. The highest BCUT2D eigenvalue weighted by molar-refractivity contribution is 7.92. The lowest BCUT2D eigenvalue weighted by Gasteiger charge is -2.16. The van der Waals surface area contributed by atoms with Crippen molar-refractivity contribution in [1.29, 1.82) is 0 Å². The molecule has 162 valence electrons.